The van der Waals surface area contributed by atoms with E-state index in [1.165, 1.54) is 64.2 Å². The van der Waals surface area contributed by atoms with Gasteiger partial charge in [0.2, 0.25) is 0 Å². The molecule has 0 radical (unpaired) electrons. The van der Waals surface area contributed by atoms with Gasteiger partial charge >= 0.3 is 0 Å². The zero-order valence-corrected chi connectivity index (χ0v) is 17.2. The molecular formula is C23H37NS. The summed E-state index contributed by atoms with van der Waals surface area (Å²) in [4.78, 5) is 0. The summed E-state index contributed by atoms with van der Waals surface area (Å²) in [7, 11) is 0. The highest BCUT2D eigenvalue weighted by Gasteiger charge is 2.16. The Hall–Kier alpha value is -0.760. The van der Waals surface area contributed by atoms with Crippen molar-refractivity contribution < 1.29 is 0 Å². The maximum Gasteiger partial charge on any atom is 0.0610 e. The van der Waals surface area contributed by atoms with Crippen LogP contribution in [0, 0.1) is 17.2 Å². The van der Waals surface area contributed by atoms with E-state index in [2.05, 4.69) is 31.2 Å². The molecule has 0 aromatic carbocycles. The highest BCUT2D eigenvalue weighted by molar-refractivity contribution is 8.13. The Labute approximate surface area is 159 Å². The third-order valence-electron chi connectivity index (χ3n) is 5.78. The summed E-state index contributed by atoms with van der Waals surface area (Å²) in [5.74, 6) is 2.86. The Bertz CT molecular complexity index is 500. The Kier molecular flexibility index (Phi) is 9.68. The first-order chi connectivity index (χ1) is 12.2. The van der Waals surface area contributed by atoms with Gasteiger partial charge in [0.15, 0.2) is 0 Å². The van der Waals surface area contributed by atoms with Crippen LogP contribution < -0.4 is 0 Å². The summed E-state index contributed by atoms with van der Waals surface area (Å²) in [6.45, 7) is 4.27. The quantitative estimate of drug-likeness (QED) is 0.174. The third-order valence-corrected chi connectivity index (χ3v) is 6.85. The van der Waals surface area contributed by atoms with Gasteiger partial charge in [-0.15, -0.1) is 11.8 Å². The topological polar surface area (TPSA) is 23.9 Å². The highest BCUT2D eigenvalue weighted by atomic mass is 32.2. The molecule has 0 saturated heterocycles. The molecule has 1 nitrogen and oxygen atoms in total. The van der Waals surface area contributed by atoms with Crippen LogP contribution in [-0.2, 0) is 0 Å². The van der Waals surface area contributed by atoms with Crippen LogP contribution >= 0.6 is 11.8 Å². The van der Waals surface area contributed by atoms with E-state index in [4.69, 9.17) is 5.41 Å². The second-order valence-corrected chi connectivity index (χ2v) is 9.08. The van der Waals surface area contributed by atoms with Crippen molar-refractivity contribution >= 4 is 16.8 Å². The fraction of sp³-hybridized carbons (Fsp3) is 0.696. The monoisotopic (exact) mass is 359 g/mol. The Balaban J connectivity index is 1.58. The fourth-order valence-corrected chi connectivity index (χ4v) is 4.75. The van der Waals surface area contributed by atoms with Crippen molar-refractivity contribution in [3.8, 4) is 0 Å². The average molecular weight is 360 g/mol. The van der Waals surface area contributed by atoms with Gasteiger partial charge in [-0.2, -0.15) is 0 Å². The SMILES string of the molecule is CCC(CCCCC1=CCC=C1)CCC1=CCC(CSC(C)=N)CC1. The van der Waals surface area contributed by atoms with Crippen LogP contribution in [-0.4, -0.2) is 10.8 Å². The van der Waals surface area contributed by atoms with Crippen molar-refractivity contribution in [1.29, 1.82) is 5.41 Å². The van der Waals surface area contributed by atoms with E-state index >= 15 is 0 Å². The zero-order valence-electron chi connectivity index (χ0n) is 16.4. The first kappa shape index (κ1) is 20.6. The maximum absolute atomic E-state index is 7.55. The smallest absolute Gasteiger partial charge is 0.0610 e. The summed E-state index contributed by atoms with van der Waals surface area (Å²) < 4.78 is 0. The Morgan fingerprint density at radius 1 is 1.24 bits per heavy atom. The molecule has 0 bridgehead atoms. The first-order valence-corrected chi connectivity index (χ1v) is 11.4. The minimum Gasteiger partial charge on any atom is -0.299 e. The average Bonchev–Trinajstić information content (AvgIpc) is 3.13. The van der Waals surface area contributed by atoms with E-state index < -0.39 is 0 Å². The molecule has 0 saturated carbocycles. The summed E-state index contributed by atoms with van der Waals surface area (Å²) in [5, 5.41) is 8.31. The summed E-state index contributed by atoms with van der Waals surface area (Å²) in [6, 6.07) is 0. The summed E-state index contributed by atoms with van der Waals surface area (Å²) >= 11 is 1.73. The molecule has 0 aromatic heterocycles. The summed E-state index contributed by atoms with van der Waals surface area (Å²) in [5.41, 5.74) is 3.28. The van der Waals surface area contributed by atoms with Gasteiger partial charge in [0, 0.05) is 5.75 Å². The lowest BCUT2D eigenvalue weighted by Crippen LogP contribution is -2.10. The molecule has 2 rings (SSSR count). The van der Waals surface area contributed by atoms with E-state index in [9.17, 15) is 0 Å². The maximum atomic E-state index is 7.55. The molecule has 2 aliphatic carbocycles. The van der Waals surface area contributed by atoms with E-state index in [0.717, 1.165) is 29.1 Å². The lowest BCUT2D eigenvalue weighted by Gasteiger charge is -2.23. The van der Waals surface area contributed by atoms with Crippen LogP contribution in [0.3, 0.4) is 0 Å². The van der Waals surface area contributed by atoms with Gasteiger partial charge in [0.1, 0.15) is 0 Å². The third kappa shape index (κ3) is 8.44. The van der Waals surface area contributed by atoms with E-state index in [1.54, 1.807) is 22.9 Å². The standard InChI is InChI=1S/C23H37NS/c1-3-20(8-4-5-9-21-10-6-7-11-21)12-13-22-14-16-23(17-15-22)18-25-19(2)24/h6,10-11,14,20,23-24H,3-5,7-9,12-13,15-18H2,1-2H3. The number of thioether (sulfide) groups is 1. The van der Waals surface area contributed by atoms with E-state index in [0.29, 0.717) is 0 Å². The first-order valence-electron chi connectivity index (χ1n) is 10.4. The summed E-state index contributed by atoms with van der Waals surface area (Å²) in [6.07, 6.45) is 24.1. The molecule has 2 unspecified atom stereocenters. The second-order valence-electron chi connectivity index (χ2n) is 7.85. The Morgan fingerprint density at radius 2 is 2.12 bits per heavy atom. The largest absolute Gasteiger partial charge is 0.299 e. The molecule has 0 fully saturated rings. The molecule has 0 aliphatic heterocycles. The van der Waals surface area contributed by atoms with Gasteiger partial charge in [-0.25, -0.2) is 0 Å². The van der Waals surface area contributed by atoms with E-state index in [-0.39, 0.29) is 0 Å². The molecule has 0 heterocycles. The molecule has 0 aromatic rings. The predicted octanol–water partition coefficient (Wildman–Crippen LogP) is 7.70. The van der Waals surface area contributed by atoms with Gasteiger partial charge in [-0.3, -0.25) is 5.41 Å². The molecular weight excluding hydrogens is 322 g/mol. The zero-order chi connectivity index (χ0) is 17.9. The molecule has 0 amide bonds. The predicted molar refractivity (Wildman–Crippen MR) is 115 cm³/mol. The number of hydrogen-bond acceptors (Lipinski definition) is 2. The van der Waals surface area contributed by atoms with Crippen LogP contribution in [0.1, 0.15) is 84.5 Å². The molecule has 2 aliphatic rings. The van der Waals surface area contributed by atoms with Crippen LogP contribution in [0.4, 0.5) is 0 Å². The van der Waals surface area contributed by atoms with E-state index in [1.807, 2.05) is 6.92 Å². The number of hydrogen-bond donors (Lipinski definition) is 1. The number of unbranched alkanes of at least 4 members (excludes halogenated alkanes) is 1. The molecule has 1 N–H and O–H groups in total. The van der Waals surface area contributed by atoms with Crippen molar-refractivity contribution in [1.82, 2.24) is 0 Å². The van der Waals surface area contributed by atoms with Crippen molar-refractivity contribution in [3.63, 3.8) is 0 Å². The van der Waals surface area contributed by atoms with Gasteiger partial charge in [-0.1, -0.05) is 61.6 Å². The van der Waals surface area contributed by atoms with Crippen molar-refractivity contribution in [3.05, 3.63) is 35.5 Å². The minimum atomic E-state index is 0.765. The number of nitrogens with one attached hydrogen (secondary N) is 1. The van der Waals surface area contributed by atoms with Crippen molar-refractivity contribution in [2.24, 2.45) is 11.8 Å². The van der Waals surface area contributed by atoms with Crippen LogP contribution in [0.2, 0.25) is 0 Å². The van der Waals surface area contributed by atoms with Gasteiger partial charge < -0.3 is 0 Å². The van der Waals surface area contributed by atoms with Crippen LogP contribution in [0.15, 0.2) is 35.5 Å². The number of allylic oxidation sites excluding steroid dienone is 6. The van der Waals surface area contributed by atoms with Gasteiger partial charge in [-0.05, 0) is 70.1 Å². The lowest BCUT2D eigenvalue weighted by atomic mass is 9.85. The molecule has 2 heteroatoms. The normalized spacial score (nSPS) is 21.1. The van der Waals surface area contributed by atoms with Gasteiger partial charge in [0.05, 0.1) is 5.04 Å². The molecule has 25 heavy (non-hydrogen) atoms. The minimum absolute atomic E-state index is 0.765. The molecule has 0 spiro atoms. The molecule has 2 atom stereocenters. The number of rotatable bonds is 11. The molecule has 140 valence electrons. The lowest BCUT2D eigenvalue weighted by molar-refractivity contribution is 0.409. The van der Waals surface area contributed by atoms with Crippen molar-refractivity contribution in [2.75, 3.05) is 5.75 Å². The Morgan fingerprint density at radius 3 is 2.76 bits per heavy atom. The van der Waals surface area contributed by atoms with Crippen molar-refractivity contribution in [2.45, 2.75) is 84.5 Å². The highest BCUT2D eigenvalue weighted by Crippen LogP contribution is 2.31. The second kappa shape index (κ2) is 11.8. The van der Waals surface area contributed by atoms with Gasteiger partial charge in [0.25, 0.3) is 0 Å². The van der Waals surface area contributed by atoms with Crippen LogP contribution in [0.25, 0.3) is 0 Å². The fourth-order valence-electron chi connectivity index (χ4n) is 3.96. The van der Waals surface area contributed by atoms with Crippen LogP contribution in [0.5, 0.6) is 0 Å².